The van der Waals surface area contributed by atoms with Gasteiger partial charge >= 0.3 is 6.03 Å². The number of aliphatic hydroxyl groups is 1. The summed E-state index contributed by atoms with van der Waals surface area (Å²) in [5.74, 6) is 0.740. The van der Waals surface area contributed by atoms with Crippen molar-refractivity contribution >= 4 is 22.0 Å². The number of likely N-dealkylation sites (tertiary alicyclic amines) is 1. The van der Waals surface area contributed by atoms with Crippen molar-refractivity contribution in [1.29, 1.82) is 0 Å². The van der Waals surface area contributed by atoms with E-state index in [-0.39, 0.29) is 18.1 Å². The molecule has 0 bridgehead atoms. The summed E-state index contributed by atoms with van der Waals surface area (Å²) < 4.78 is 1.09. The Morgan fingerprint density at radius 2 is 2.29 bits per heavy atom. The molecule has 24 heavy (non-hydrogen) atoms. The fourth-order valence-electron chi connectivity index (χ4n) is 3.27. The van der Waals surface area contributed by atoms with E-state index in [1.807, 2.05) is 24.0 Å². The van der Waals surface area contributed by atoms with Crippen LogP contribution >= 0.6 is 15.9 Å². The highest BCUT2D eigenvalue weighted by Crippen LogP contribution is 2.34. The van der Waals surface area contributed by atoms with Crippen molar-refractivity contribution in [2.24, 2.45) is 17.3 Å². The van der Waals surface area contributed by atoms with Crippen LogP contribution < -0.4 is 5.32 Å². The van der Waals surface area contributed by atoms with Crippen molar-refractivity contribution in [3.05, 3.63) is 34.3 Å². The molecule has 0 aromatic heterocycles. The fraction of sp³-hybridized carbons (Fsp3) is 0.632. The van der Waals surface area contributed by atoms with E-state index < -0.39 is 0 Å². The maximum atomic E-state index is 12.4. The Balaban J connectivity index is 1.86. The number of urea groups is 1. The minimum absolute atomic E-state index is 0.00767. The summed E-state index contributed by atoms with van der Waals surface area (Å²) in [4.78, 5) is 14.3. The molecule has 0 radical (unpaired) electrons. The smallest absolute Gasteiger partial charge is 0.317 e. The Kier molecular flexibility index (Phi) is 6.70. The zero-order valence-electron chi connectivity index (χ0n) is 14.9. The normalized spacial score (nSPS) is 24.9. The lowest BCUT2D eigenvalue weighted by atomic mass is 9.82. The minimum atomic E-state index is -0.183. The Morgan fingerprint density at radius 3 is 2.88 bits per heavy atom. The molecule has 4 nitrogen and oxygen atoms in total. The Hall–Kier alpha value is -1.07. The molecule has 2 rings (SSSR count). The summed E-state index contributed by atoms with van der Waals surface area (Å²) in [5.41, 5.74) is 1.10. The third-order valence-electron chi connectivity index (χ3n) is 5.42. The number of hydrogen-bond acceptors (Lipinski definition) is 2. The van der Waals surface area contributed by atoms with Crippen molar-refractivity contribution in [3.63, 3.8) is 0 Å². The molecule has 134 valence electrons. The zero-order valence-corrected chi connectivity index (χ0v) is 16.5. The first kappa shape index (κ1) is 19.3. The minimum Gasteiger partial charge on any atom is -0.396 e. The van der Waals surface area contributed by atoms with Crippen LogP contribution in [0.25, 0.3) is 0 Å². The Morgan fingerprint density at radius 1 is 1.54 bits per heavy atom. The lowest BCUT2D eigenvalue weighted by Crippen LogP contribution is -2.42. The molecule has 2 amide bonds. The van der Waals surface area contributed by atoms with Gasteiger partial charge in [0.15, 0.2) is 0 Å². The van der Waals surface area contributed by atoms with Crippen LogP contribution in [-0.2, 0) is 6.42 Å². The number of benzene rings is 1. The van der Waals surface area contributed by atoms with Gasteiger partial charge < -0.3 is 15.3 Å². The van der Waals surface area contributed by atoms with Crippen LogP contribution in [0.1, 0.15) is 32.8 Å². The third kappa shape index (κ3) is 4.73. The summed E-state index contributed by atoms with van der Waals surface area (Å²) in [6.07, 6.45) is 1.98. The molecule has 5 heteroatoms. The SMILES string of the molecule is CCC(CNC(=O)N1CC(C)C(C)(CO)C1)Cc1cccc(Br)c1. The van der Waals surface area contributed by atoms with Gasteiger partial charge in [0.25, 0.3) is 0 Å². The van der Waals surface area contributed by atoms with Crippen LogP contribution in [0.5, 0.6) is 0 Å². The van der Waals surface area contributed by atoms with Crippen LogP contribution in [0.2, 0.25) is 0 Å². The molecule has 0 aliphatic carbocycles. The monoisotopic (exact) mass is 396 g/mol. The molecule has 2 N–H and O–H groups in total. The number of aliphatic hydroxyl groups excluding tert-OH is 1. The number of hydrogen-bond donors (Lipinski definition) is 2. The van der Waals surface area contributed by atoms with E-state index in [4.69, 9.17) is 0 Å². The van der Waals surface area contributed by atoms with E-state index in [2.05, 4.69) is 47.2 Å². The van der Waals surface area contributed by atoms with Crippen LogP contribution in [-0.4, -0.2) is 42.3 Å². The average Bonchev–Trinajstić information content (AvgIpc) is 2.87. The molecule has 3 unspecified atom stereocenters. The summed E-state index contributed by atoms with van der Waals surface area (Å²) >= 11 is 3.51. The Labute approximate surface area is 153 Å². The van der Waals surface area contributed by atoms with E-state index in [0.717, 1.165) is 17.3 Å². The Bertz CT molecular complexity index is 566. The van der Waals surface area contributed by atoms with Gasteiger partial charge in [-0.25, -0.2) is 4.79 Å². The highest BCUT2D eigenvalue weighted by Gasteiger charge is 2.41. The van der Waals surface area contributed by atoms with Crippen molar-refractivity contribution in [2.75, 3.05) is 26.2 Å². The molecule has 0 saturated carbocycles. The topological polar surface area (TPSA) is 52.6 Å². The second kappa shape index (κ2) is 8.34. The summed E-state index contributed by atoms with van der Waals surface area (Å²) in [5, 5.41) is 12.7. The van der Waals surface area contributed by atoms with E-state index in [0.29, 0.717) is 31.5 Å². The van der Waals surface area contributed by atoms with Crippen molar-refractivity contribution in [1.82, 2.24) is 10.2 Å². The van der Waals surface area contributed by atoms with Gasteiger partial charge in [-0.05, 0) is 36.0 Å². The highest BCUT2D eigenvalue weighted by atomic mass is 79.9. The molecule has 1 fully saturated rings. The molecular formula is C19H29BrN2O2. The highest BCUT2D eigenvalue weighted by molar-refractivity contribution is 9.10. The van der Waals surface area contributed by atoms with Gasteiger partial charge in [0, 0.05) is 29.5 Å². The number of carbonyl (C=O) groups is 1. The quantitative estimate of drug-likeness (QED) is 0.770. The molecule has 1 aromatic rings. The first-order valence-electron chi connectivity index (χ1n) is 8.76. The fourth-order valence-corrected chi connectivity index (χ4v) is 3.72. The average molecular weight is 397 g/mol. The second-order valence-corrected chi connectivity index (χ2v) is 8.30. The molecule has 0 spiro atoms. The van der Waals surface area contributed by atoms with Gasteiger partial charge in [0.1, 0.15) is 0 Å². The van der Waals surface area contributed by atoms with Gasteiger partial charge in [-0.15, -0.1) is 0 Å². The van der Waals surface area contributed by atoms with Crippen molar-refractivity contribution in [2.45, 2.75) is 33.6 Å². The van der Waals surface area contributed by atoms with E-state index in [1.165, 1.54) is 5.56 Å². The number of nitrogens with zero attached hydrogens (tertiary/aromatic N) is 1. The van der Waals surface area contributed by atoms with Gasteiger partial charge in [0.2, 0.25) is 0 Å². The molecule has 1 aliphatic heterocycles. The largest absolute Gasteiger partial charge is 0.396 e. The molecular weight excluding hydrogens is 368 g/mol. The van der Waals surface area contributed by atoms with Crippen molar-refractivity contribution < 1.29 is 9.90 Å². The number of amides is 2. The van der Waals surface area contributed by atoms with Gasteiger partial charge in [-0.3, -0.25) is 0 Å². The standard InChI is InChI=1S/C19H29BrN2O2/c1-4-15(8-16-6-5-7-17(20)9-16)10-21-18(24)22-11-14(2)19(3,12-22)13-23/h5-7,9,14-15,23H,4,8,10-13H2,1-3H3,(H,21,24). The lowest BCUT2D eigenvalue weighted by Gasteiger charge is -2.25. The summed E-state index contributed by atoms with van der Waals surface area (Å²) in [6, 6.07) is 8.33. The van der Waals surface area contributed by atoms with E-state index in [1.54, 1.807) is 0 Å². The van der Waals surface area contributed by atoms with Crippen LogP contribution in [0.3, 0.4) is 0 Å². The summed E-state index contributed by atoms with van der Waals surface area (Å²) in [7, 11) is 0. The third-order valence-corrected chi connectivity index (χ3v) is 5.91. The molecule has 3 atom stereocenters. The number of rotatable bonds is 6. The second-order valence-electron chi connectivity index (χ2n) is 7.39. The lowest BCUT2D eigenvalue weighted by molar-refractivity contribution is 0.119. The maximum Gasteiger partial charge on any atom is 0.317 e. The van der Waals surface area contributed by atoms with Gasteiger partial charge in [0.05, 0.1) is 6.61 Å². The molecule has 1 aromatic carbocycles. The van der Waals surface area contributed by atoms with Gasteiger partial charge in [-0.1, -0.05) is 55.3 Å². The first-order chi connectivity index (χ1) is 11.4. The number of halogens is 1. The van der Waals surface area contributed by atoms with Crippen LogP contribution in [0.15, 0.2) is 28.7 Å². The molecule has 1 saturated heterocycles. The zero-order chi connectivity index (χ0) is 17.7. The number of carbonyl (C=O) groups excluding carboxylic acids is 1. The van der Waals surface area contributed by atoms with E-state index in [9.17, 15) is 9.90 Å². The predicted molar refractivity (Wildman–Crippen MR) is 101 cm³/mol. The van der Waals surface area contributed by atoms with E-state index >= 15 is 0 Å². The maximum absolute atomic E-state index is 12.4. The first-order valence-corrected chi connectivity index (χ1v) is 9.55. The predicted octanol–water partition coefficient (Wildman–Crippen LogP) is 3.68. The van der Waals surface area contributed by atoms with Crippen LogP contribution in [0, 0.1) is 17.3 Å². The summed E-state index contributed by atoms with van der Waals surface area (Å²) in [6.45, 7) is 8.46. The number of nitrogens with one attached hydrogen (secondary N) is 1. The molecule has 1 aliphatic rings. The van der Waals surface area contributed by atoms with Crippen molar-refractivity contribution in [3.8, 4) is 0 Å². The van der Waals surface area contributed by atoms with Crippen LogP contribution in [0.4, 0.5) is 4.79 Å². The van der Waals surface area contributed by atoms with Gasteiger partial charge in [-0.2, -0.15) is 0 Å². The molecule has 1 heterocycles.